The van der Waals surface area contributed by atoms with Gasteiger partial charge in [0.25, 0.3) is 5.56 Å². The standard InChI is InChI=1S/C21H14ClFN6O2/c22-15-3-1-2-10-5-13(27-21(31)16(10)15)8-29-20-17(19(24)25-9-26-20)18(28-29)11-4-12(23)7-14(30)6-11/h1-7,9,30H,8H2,(H,27,31)(H2,24,25,26). The van der Waals surface area contributed by atoms with E-state index in [1.807, 2.05) is 0 Å². The molecule has 0 bridgehead atoms. The van der Waals surface area contributed by atoms with E-state index in [4.69, 9.17) is 17.3 Å². The molecular formula is C21H14ClFN6O2. The van der Waals surface area contributed by atoms with E-state index in [1.165, 1.54) is 23.1 Å². The number of nitrogens with zero attached hydrogens (tertiary/aromatic N) is 4. The largest absolute Gasteiger partial charge is 0.508 e. The number of fused-ring (bicyclic) bond motifs is 2. The molecule has 0 amide bonds. The van der Waals surface area contributed by atoms with Crippen LogP contribution in [-0.4, -0.2) is 29.8 Å². The van der Waals surface area contributed by atoms with Crippen LogP contribution in [0.5, 0.6) is 5.75 Å². The van der Waals surface area contributed by atoms with Crippen LogP contribution in [0.1, 0.15) is 5.69 Å². The third kappa shape index (κ3) is 3.24. The van der Waals surface area contributed by atoms with Crippen molar-refractivity contribution in [1.82, 2.24) is 24.7 Å². The normalized spacial score (nSPS) is 11.4. The van der Waals surface area contributed by atoms with Gasteiger partial charge in [0, 0.05) is 17.3 Å². The lowest BCUT2D eigenvalue weighted by Gasteiger charge is -2.06. The number of H-pyrrole nitrogens is 1. The summed E-state index contributed by atoms with van der Waals surface area (Å²) in [7, 11) is 0. The molecule has 0 atom stereocenters. The number of hydrogen-bond acceptors (Lipinski definition) is 6. The van der Waals surface area contributed by atoms with Gasteiger partial charge in [-0.1, -0.05) is 23.7 Å². The van der Waals surface area contributed by atoms with E-state index in [0.29, 0.717) is 43.8 Å². The van der Waals surface area contributed by atoms with Crippen molar-refractivity contribution in [2.24, 2.45) is 0 Å². The van der Waals surface area contributed by atoms with Crippen LogP contribution in [0.15, 0.2) is 53.6 Å². The first kappa shape index (κ1) is 19.0. The number of pyridine rings is 1. The number of nitrogen functional groups attached to an aromatic ring is 1. The molecular weight excluding hydrogens is 423 g/mol. The number of rotatable bonds is 3. The Morgan fingerprint density at radius 1 is 1.16 bits per heavy atom. The highest BCUT2D eigenvalue weighted by Crippen LogP contribution is 2.32. The van der Waals surface area contributed by atoms with Gasteiger partial charge in [-0.05, 0) is 29.7 Å². The number of phenolic OH excluding ortho intramolecular Hbond substituents is 1. The Balaban J connectivity index is 1.69. The molecule has 3 aromatic heterocycles. The monoisotopic (exact) mass is 436 g/mol. The topological polar surface area (TPSA) is 123 Å². The summed E-state index contributed by atoms with van der Waals surface area (Å²) in [5, 5.41) is 16.2. The number of benzene rings is 2. The lowest BCUT2D eigenvalue weighted by atomic mass is 10.1. The highest BCUT2D eigenvalue weighted by molar-refractivity contribution is 6.35. The molecule has 0 saturated heterocycles. The molecule has 5 aromatic rings. The van der Waals surface area contributed by atoms with Crippen LogP contribution in [0.2, 0.25) is 5.02 Å². The van der Waals surface area contributed by atoms with Gasteiger partial charge in [-0.25, -0.2) is 19.0 Å². The number of halogens is 2. The molecule has 31 heavy (non-hydrogen) atoms. The molecule has 154 valence electrons. The second-order valence-electron chi connectivity index (χ2n) is 6.99. The Bertz CT molecular complexity index is 1520. The van der Waals surface area contributed by atoms with Crippen molar-refractivity contribution in [3.8, 4) is 17.0 Å². The minimum Gasteiger partial charge on any atom is -0.508 e. The molecule has 3 heterocycles. The zero-order chi connectivity index (χ0) is 21.7. The van der Waals surface area contributed by atoms with Crippen molar-refractivity contribution in [3.63, 3.8) is 0 Å². The van der Waals surface area contributed by atoms with Gasteiger partial charge >= 0.3 is 0 Å². The second kappa shape index (κ2) is 7.06. The molecule has 8 nitrogen and oxygen atoms in total. The highest BCUT2D eigenvalue weighted by atomic mass is 35.5. The molecule has 0 aliphatic heterocycles. The van der Waals surface area contributed by atoms with Crippen LogP contribution in [0, 0.1) is 5.82 Å². The van der Waals surface area contributed by atoms with E-state index < -0.39 is 5.82 Å². The molecule has 4 N–H and O–H groups in total. The van der Waals surface area contributed by atoms with Gasteiger partial charge in [0.1, 0.15) is 29.4 Å². The summed E-state index contributed by atoms with van der Waals surface area (Å²) >= 11 is 6.15. The van der Waals surface area contributed by atoms with Gasteiger partial charge < -0.3 is 15.8 Å². The molecule has 0 fully saturated rings. The number of aromatic amines is 1. The highest BCUT2D eigenvalue weighted by Gasteiger charge is 2.19. The number of hydrogen-bond donors (Lipinski definition) is 3. The summed E-state index contributed by atoms with van der Waals surface area (Å²) in [6.07, 6.45) is 1.30. The summed E-state index contributed by atoms with van der Waals surface area (Å²) in [5.74, 6) is -0.707. The van der Waals surface area contributed by atoms with Crippen LogP contribution in [0.3, 0.4) is 0 Å². The summed E-state index contributed by atoms with van der Waals surface area (Å²) in [4.78, 5) is 23.6. The summed E-state index contributed by atoms with van der Waals surface area (Å²) < 4.78 is 15.4. The van der Waals surface area contributed by atoms with Crippen LogP contribution in [0.4, 0.5) is 10.2 Å². The van der Waals surface area contributed by atoms with Crippen molar-refractivity contribution in [2.75, 3.05) is 5.73 Å². The first-order valence-corrected chi connectivity index (χ1v) is 9.56. The van der Waals surface area contributed by atoms with E-state index >= 15 is 0 Å². The molecule has 0 spiro atoms. The second-order valence-corrected chi connectivity index (χ2v) is 7.40. The average molecular weight is 437 g/mol. The van der Waals surface area contributed by atoms with Crippen molar-refractivity contribution >= 4 is 39.2 Å². The number of nitrogens with two attached hydrogens (primary N) is 1. The molecule has 10 heteroatoms. The lowest BCUT2D eigenvalue weighted by Crippen LogP contribution is -2.13. The van der Waals surface area contributed by atoms with Crippen molar-refractivity contribution in [1.29, 1.82) is 0 Å². The van der Waals surface area contributed by atoms with E-state index in [0.717, 1.165) is 6.07 Å². The van der Waals surface area contributed by atoms with Crippen molar-refractivity contribution in [2.45, 2.75) is 6.54 Å². The minimum absolute atomic E-state index is 0.159. The van der Waals surface area contributed by atoms with E-state index in [1.54, 1.807) is 24.3 Å². The van der Waals surface area contributed by atoms with E-state index in [9.17, 15) is 14.3 Å². The Kier molecular flexibility index (Phi) is 4.33. The Labute approximate surface area is 178 Å². The van der Waals surface area contributed by atoms with Crippen LogP contribution in [-0.2, 0) is 6.54 Å². The van der Waals surface area contributed by atoms with E-state index in [2.05, 4.69) is 20.1 Å². The molecule has 5 rings (SSSR count). The molecule has 0 saturated carbocycles. The maximum absolute atomic E-state index is 13.9. The number of aromatic hydroxyl groups is 1. The Morgan fingerprint density at radius 3 is 2.81 bits per heavy atom. The molecule has 0 unspecified atom stereocenters. The van der Waals surface area contributed by atoms with Crippen LogP contribution >= 0.6 is 11.6 Å². The fraction of sp³-hybridized carbons (Fsp3) is 0.0476. The molecule has 0 aliphatic carbocycles. The maximum Gasteiger partial charge on any atom is 0.257 e. The predicted molar refractivity (Wildman–Crippen MR) is 115 cm³/mol. The summed E-state index contributed by atoms with van der Waals surface area (Å²) in [6, 6.07) is 10.6. The lowest BCUT2D eigenvalue weighted by molar-refractivity contribution is 0.469. The number of aromatic nitrogens is 5. The number of nitrogens with one attached hydrogen (secondary N) is 1. The zero-order valence-electron chi connectivity index (χ0n) is 15.8. The van der Waals surface area contributed by atoms with Crippen LogP contribution in [0.25, 0.3) is 33.1 Å². The molecule has 2 aromatic carbocycles. The van der Waals surface area contributed by atoms with Gasteiger partial charge in [0.05, 0.1) is 22.3 Å². The Hall–Kier alpha value is -3.98. The van der Waals surface area contributed by atoms with Gasteiger partial charge in [0.2, 0.25) is 0 Å². The predicted octanol–water partition coefficient (Wildman–Crippen LogP) is 3.46. The first-order valence-electron chi connectivity index (χ1n) is 9.18. The van der Waals surface area contributed by atoms with E-state index in [-0.39, 0.29) is 23.7 Å². The SMILES string of the molecule is Nc1ncnc2c1c(-c1cc(O)cc(F)c1)nn2Cc1cc2cccc(Cl)c2c(=O)[nH]1. The minimum atomic E-state index is -0.621. The van der Waals surface area contributed by atoms with Gasteiger partial charge in [0.15, 0.2) is 5.65 Å². The molecule has 0 radical (unpaired) electrons. The average Bonchev–Trinajstić information content (AvgIpc) is 3.07. The van der Waals surface area contributed by atoms with Gasteiger partial charge in [-0.3, -0.25) is 4.79 Å². The summed E-state index contributed by atoms with van der Waals surface area (Å²) in [6.45, 7) is 0.159. The fourth-order valence-corrected chi connectivity index (χ4v) is 3.90. The van der Waals surface area contributed by atoms with Crippen molar-refractivity contribution in [3.05, 3.63) is 75.7 Å². The third-order valence-electron chi connectivity index (χ3n) is 4.91. The van der Waals surface area contributed by atoms with Crippen LogP contribution < -0.4 is 11.3 Å². The number of phenols is 1. The zero-order valence-corrected chi connectivity index (χ0v) is 16.6. The summed E-state index contributed by atoms with van der Waals surface area (Å²) in [5.41, 5.74) is 7.34. The quantitative estimate of drug-likeness (QED) is 0.398. The van der Waals surface area contributed by atoms with Crippen molar-refractivity contribution < 1.29 is 9.50 Å². The number of anilines is 1. The first-order chi connectivity index (χ1) is 14.9. The Morgan fingerprint density at radius 2 is 2.00 bits per heavy atom. The maximum atomic E-state index is 13.9. The fourth-order valence-electron chi connectivity index (χ4n) is 3.63. The molecule has 0 aliphatic rings. The van der Waals surface area contributed by atoms with Gasteiger partial charge in [-0.15, -0.1) is 0 Å². The third-order valence-corrected chi connectivity index (χ3v) is 5.23. The van der Waals surface area contributed by atoms with Gasteiger partial charge in [-0.2, -0.15) is 5.10 Å². The smallest absolute Gasteiger partial charge is 0.257 e.